The van der Waals surface area contributed by atoms with Crippen molar-refractivity contribution in [2.24, 2.45) is 0 Å². The summed E-state index contributed by atoms with van der Waals surface area (Å²) in [5, 5.41) is 12.5. The molecule has 104 valence electrons. The summed E-state index contributed by atoms with van der Waals surface area (Å²) in [7, 11) is 0. The number of nitrogens with one attached hydrogen (secondary N) is 1. The van der Waals surface area contributed by atoms with E-state index in [1.807, 2.05) is 0 Å². The van der Waals surface area contributed by atoms with E-state index in [2.05, 4.69) is 48.3 Å². The Morgan fingerprint density at radius 3 is 2.74 bits per heavy atom. The van der Waals surface area contributed by atoms with Gasteiger partial charge in [-0.15, -0.1) is 0 Å². The minimum atomic E-state index is -0.738. The van der Waals surface area contributed by atoms with E-state index >= 15 is 0 Å². The maximum atomic E-state index is 11.0. The van der Waals surface area contributed by atoms with Crippen molar-refractivity contribution in [1.82, 2.24) is 5.32 Å². The zero-order valence-electron chi connectivity index (χ0n) is 11.6. The van der Waals surface area contributed by atoms with E-state index in [-0.39, 0.29) is 12.5 Å². The second kappa shape index (κ2) is 6.06. The number of carbonyl (C=O) groups is 1. The molecule has 19 heavy (non-hydrogen) atoms. The highest BCUT2D eigenvalue weighted by atomic mass is 16.4. The van der Waals surface area contributed by atoms with Crippen molar-refractivity contribution in [3.05, 3.63) is 29.8 Å². The lowest BCUT2D eigenvalue weighted by Gasteiger charge is -2.31. The second-order valence-corrected chi connectivity index (χ2v) is 5.38. The summed E-state index contributed by atoms with van der Waals surface area (Å²) in [4.78, 5) is 13.3. The number of carboxylic acids is 1. The largest absolute Gasteiger partial charge is 0.481 e. The van der Waals surface area contributed by atoms with Gasteiger partial charge in [0.1, 0.15) is 0 Å². The molecule has 2 N–H and O–H groups in total. The predicted molar refractivity (Wildman–Crippen MR) is 76.6 cm³/mol. The fourth-order valence-corrected chi connectivity index (χ4v) is 2.52. The molecule has 1 fully saturated rings. The van der Waals surface area contributed by atoms with Gasteiger partial charge in [-0.3, -0.25) is 4.79 Å². The summed E-state index contributed by atoms with van der Waals surface area (Å²) in [5.74, 6) is -0.738. The van der Waals surface area contributed by atoms with Crippen LogP contribution in [-0.2, 0) is 4.79 Å². The molecule has 1 aromatic rings. The molecule has 2 rings (SSSR count). The molecule has 1 aliphatic heterocycles. The van der Waals surface area contributed by atoms with Crippen LogP contribution in [0.1, 0.15) is 25.3 Å². The van der Waals surface area contributed by atoms with Crippen LogP contribution in [0.15, 0.2) is 24.3 Å². The van der Waals surface area contributed by atoms with Crippen molar-refractivity contribution in [3.63, 3.8) is 0 Å². The molecule has 1 saturated heterocycles. The Morgan fingerprint density at radius 2 is 2.11 bits per heavy atom. The van der Waals surface area contributed by atoms with Gasteiger partial charge in [0, 0.05) is 24.8 Å². The van der Waals surface area contributed by atoms with Gasteiger partial charge in [0.2, 0.25) is 0 Å². The first kappa shape index (κ1) is 13.9. The monoisotopic (exact) mass is 262 g/mol. The second-order valence-electron chi connectivity index (χ2n) is 5.38. The highest BCUT2D eigenvalue weighted by Gasteiger charge is 2.25. The van der Waals surface area contributed by atoms with Crippen LogP contribution >= 0.6 is 0 Å². The lowest BCUT2D eigenvalue weighted by molar-refractivity contribution is -0.137. The molecule has 1 aromatic carbocycles. The Kier molecular flexibility index (Phi) is 4.43. The summed E-state index contributed by atoms with van der Waals surface area (Å²) < 4.78 is 0. The minimum Gasteiger partial charge on any atom is -0.481 e. The van der Waals surface area contributed by atoms with Crippen LogP contribution in [0.5, 0.6) is 0 Å². The first-order valence-corrected chi connectivity index (χ1v) is 6.85. The molecule has 0 radical (unpaired) electrons. The van der Waals surface area contributed by atoms with Gasteiger partial charge in [0.05, 0.1) is 12.5 Å². The van der Waals surface area contributed by atoms with Gasteiger partial charge in [-0.2, -0.15) is 0 Å². The molecule has 0 amide bonds. The van der Waals surface area contributed by atoms with E-state index in [0.717, 1.165) is 25.2 Å². The topological polar surface area (TPSA) is 52.6 Å². The molecule has 0 aliphatic carbocycles. The number of hydrogen-bond donors (Lipinski definition) is 2. The highest BCUT2D eigenvalue weighted by molar-refractivity contribution is 5.68. The van der Waals surface area contributed by atoms with E-state index in [4.69, 9.17) is 5.11 Å². The Hall–Kier alpha value is -1.55. The molecular formula is C15H22N2O2. The lowest BCUT2D eigenvalue weighted by Crippen LogP contribution is -2.41. The Labute approximate surface area is 114 Å². The lowest BCUT2D eigenvalue weighted by atomic mass is 10.1. The van der Waals surface area contributed by atoms with Gasteiger partial charge in [-0.25, -0.2) is 0 Å². The number of benzene rings is 1. The van der Waals surface area contributed by atoms with Crippen LogP contribution in [0, 0.1) is 6.92 Å². The molecule has 0 bridgehead atoms. The van der Waals surface area contributed by atoms with E-state index in [1.165, 1.54) is 5.56 Å². The van der Waals surface area contributed by atoms with E-state index in [0.29, 0.717) is 6.04 Å². The Bertz CT molecular complexity index is 430. The van der Waals surface area contributed by atoms with E-state index < -0.39 is 5.97 Å². The van der Waals surface area contributed by atoms with Crippen molar-refractivity contribution in [2.45, 2.75) is 38.8 Å². The smallest absolute Gasteiger partial charge is 0.305 e. The van der Waals surface area contributed by atoms with Gasteiger partial charge >= 0.3 is 5.97 Å². The molecule has 0 spiro atoms. The van der Waals surface area contributed by atoms with E-state index in [1.54, 1.807) is 0 Å². The zero-order chi connectivity index (χ0) is 13.8. The van der Waals surface area contributed by atoms with Crippen molar-refractivity contribution in [1.29, 1.82) is 0 Å². The van der Waals surface area contributed by atoms with Crippen LogP contribution < -0.4 is 10.2 Å². The van der Waals surface area contributed by atoms with Gasteiger partial charge in [-0.05, 0) is 32.4 Å². The van der Waals surface area contributed by atoms with Crippen LogP contribution in [-0.4, -0.2) is 36.2 Å². The average molecular weight is 262 g/mol. The summed E-state index contributed by atoms with van der Waals surface area (Å²) in [6.07, 6.45) is 1.21. The zero-order valence-corrected chi connectivity index (χ0v) is 11.6. The van der Waals surface area contributed by atoms with Crippen LogP contribution in [0.2, 0.25) is 0 Å². The number of carboxylic acid groups (broad SMARTS) is 1. The maximum absolute atomic E-state index is 11.0. The Morgan fingerprint density at radius 1 is 1.42 bits per heavy atom. The number of aryl methyl sites for hydroxylation is 1. The molecule has 4 heteroatoms. The van der Waals surface area contributed by atoms with Gasteiger partial charge in [0.25, 0.3) is 0 Å². The van der Waals surface area contributed by atoms with Gasteiger partial charge in [-0.1, -0.05) is 17.7 Å². The summed E-state index contributed by atoms with van der Waals surface area (Å²) in [6, 6.07) is 8.78. The fraction of sp³-hybridized carbons (Fsp3) is 0.533. The van der Waals surface area contributed by atoms with Crippen LogP contribution in [0.3, 0.4) is 0 Å². The molecule has 4 nitrogen and oxygen atoms in total. The van der Waals surface area contributed by atoms with Crippen molar-refractivity contribution in [3.8, 4) is 0 Å². The third-order valence-corrected chi connectivity index (χ3v) is 3.72. The number of anilines is 1. The summed E-state index contributed by atoms with van der Waals surface area (Å²) in [5.41, 5.74) is 2.34. The number of nitrogens with zero attached hydrogens (tertiary/aromatic N) is 1. The average Bonchev–Trinajstić information content (AvgIpc) is 2.53. The van der Waals surface area contributed by atoms with E-state index in [9.17, 15) is 4.79 Å². The number of aliphatic carboxylic acids is 1. The molecule has 2 atom stereocenters. The molecule has 2 unspecified atom stereocenters. The maximum Gasteiger partial charge on any atom is 0.305 e. The summed E-state index contributed by atoms with van der Waals surface area (Å²) >= 11 is 0. The highest BCUT2D eigenvalue weighted by Crippen LogP contribution is 2.22. The molecule has 1 heterocycles. The fourth-order valence-electron chi connectivity index (χ4n) is 2.52. The first-order valence-electron chi connectivity index (χ1n) is 6.85. The van der Waals surface area contributed by atoms with Crippen LogP contribution in [0.4, 0.5) is 5.69 Å². The third-order valence-electron chi connectivity index (χ3n) is 3.72. The first-order chi connectivity index (χ1) is 9.06. The quantitative estimate of drug-likeness (QED) is 0.875. The van der Waals surface area contributed by atoms with Crippen molar-refractivity contribution >= 4 is 11.7 Å². The molecule has 0 saturated carbocycles. The van der Waals surface area contributed by atoms with Crippen molar-refractivity contribution in [2.75, 3.05) is 18.0 Å². The third kappa shape index (κ3) is 3.70. The molecule has 0 aromatic heterocycles. The standard InChI is InChI=1S/C15H22N2O2/c1-11-3-5-13(6-4-11)17-8-7-12(2)16-10-14(17)9-15(18)19/h3-6,12,14,16H,7-10H2,1-2H3,(H,18,19). The van der Waals surface area contributed by atoms with Gasteiger partial charge < -0.3 is 15.3 Å². The normalized spacial score (nSPS) is 24.0. The molecule has 1 aliphatic rings. The number of hydrogen-bond acceptors (Lipinski definition) is 3. The predicted octanol–water partition coefficient (Wildman–Crippen LogP) is 2.03. The number of rotatable bonds is 3. The Balaban J connectivity index is 2.20. The molecular weight excluding hydrogens is 240 g/mol. The van der Waals surface area contributed by atoms with Crippen LogP contribution in [0.25, 0.3) is 0 Å². The summed E-state index contributed by atoms with van der Waals surface area (Å²) in [6.45, 7) is 5.83. The van der Waals surface area contributed by atoms with Crippen molar-refractivity contribution < 1.29 is 9.90 Å². The minimum absolute atomic E-state index is 0.0187. The van der Waals surface area contributed by atoms with Gasteiger partial charge in [0.15, 0.2) is 0 Å². The SMILES string of the molecule is Cc1ccc(N2CCC(C)NCC2CC(=O)O)cc1.